The topological polar surface area (TPSA) is 98.2 Å². The molecular formula is C22H22ClF2N3O3. The fourth-order valence-corrected chi connectivity index (χ4v) is 2.65. The van der Waals surface area contributed by atoms with Crippen molar-refractivity contribution in [2.75, 3.05) is 6.61 Å². The Hall–Kier alpha value is -3.10. The van der Waals surface area contributed by atoms with E-state index in [1.54, 1.807) is 24.3 Å². The highest BCUT2D eigenvalue weighted by Crippen LogP contribution is 2.20. The summed E-state index contributed by atoms with van der Waals surface area (Å²) >= 11 is 5.84. The molecule has 1 heterocycles. The largest absolute Gasteiger partial charge is 0.396 e. The number of aliphatic hydroxyl groups excluding tert-OH is 1. The summed E-state index contributed by atoms with van der Waals surface area (Å²) in [7, 11) is 0. The lowest BCUT2D eigenvalue weighted by atomic mass is 10.1. The van der Waals surface area contributed by atoms with E-state index in [0.717, 1.165) is 23.2 Å². The fourth-order valence-electron chi connectivity index (χ4n) is 2.53. The summed E-state index contributed by atoms with van der Waals surface area (Å²) in [4.78, 5) is 24.0. The van der Waals surface area contributed by atoms with Crippen molar-refractivity contribution in [3.63, 3.8) is 0 Å². The first kappa shape index (κ1) is 24.2. The average Bonchev–Trinajstić information content (AvgIpc) is 2.68. The molecule has 3 aromatic rings. The minimum atomic E-state index is -0.978. The summed E-state index contributed by atoms with van der Waals surface area (Å²) < 4.78 is 27.7. The summed E-state index contributed by atoms with van der Waals surface area (Å²) in [6, 6.07) is 10.2. The van der Waals surface area contributed by atoms with E-state index in [1.807, 2.05) is 0 Å². The predicted molar refractivity (Wildman–Crippen MR) is 115 cm³/mol. The van der Waals surface area contributed by atoms with Crippen molar-refractivity contribution in [3.8, 4) is 16.9 Å². The average molecular weight is 450 g/mol. The lowest BCUT2D eigenvalue weighted by molar-refractivity contribution is 0.0998. The van der Waals surface area contributed by atoms with E-state index in [9.17, 15) is 18.4 Å². The maximum atomic E-state index is 13.5. The third-order valence-electron chi connectivity index (χ3n) is 4.12. The van der Waals surface area contributed by atoms with E-state index in [2.05, 4.69) is 18.9 Å². The van der Waals surface area contributed by atoms with Crippen LogP contribution in [0.25, 0.3) is 16.9 Å². The van der Waals surface area contributed by atoms with Crippen LogP contribution in [0.3, 0.4) is 0 Å². The van der Waals surface area contributed by atoms with Gasteiger partial charge in [0.15, 0.2) is 0 Å². The van der Waals surface area contributed by atoms with E-state index in [-0.39, 0.29) is 16.9 Å². The maximum absolute atomic E-state index is 13.5. The summed E-state index contributed by atoms with van der Waals surface area (Å²) in [5.74, 6) is -2.11. The first-order valence-electron chi connectivity index (χ1n) is 9.39. The molecule has 1 amide bonds. The zero-order valence-electron chi connectivity index (χ0n) is 17.0. The fraction of sp³-hybridized carbons (Fsp3) is 0.227. The van der Waals surface area contributed by atoms with Gasteiger partial charge in [-0.15, -0.1) is 0 Å². The van der Waals surface area contributed by atoms with Crippen molar-refractivity contribution in [3.05, 3.63) is 81.1 Å². The van der Waals surface area contributed by atoms with Crippen molar-refractivity contribution in [1.29, 1.82) is 0 Å². The van der Waals surface area contributed by atoms with Crippen LogP contribution in [0.5, 0.6) is 0 Å². The van der Waals surface area contributed by atoms with Crippen LogP contribution in [0.4, 0.5) is 8.78 Å². The van der Waals surface area contributed by atoms with Crippen LogP contribution in [-0.2, 0) is 0 Å². The summed E-state index contributed by atoms with van der Waals surface area (Å²) in [6.07, 6.45) is 0.931. The van der Waals surface area contributed by atoms with Gasteiger partial charge in [-0.3, -0.25) is 9.59 Å². The molecule has 9 heteroatoms. The van der Waals surface area contributed by atoms with Gasteiger partial charge in [-0.1, -0.05) is 37.6 Å². The number of carbonyl (C=O) groups is 1. The molecule has 0 saturated heterocycles. The monoisotopic (exact) mass is 449 g/mol. The predicted octanol–water partition coefficient (Wildman–Crippen LogP) is 3.95. The van der Waals surface area contributed by atoms with Gasteiger partial charge in [0, 0.05) is 23.3 Å². The van der Waals surface area contributed by atoms with Crippen molar-refractivity contribution in [1.82, 2.24) is 9.78 Å². The number of nitrogens with two attached hydrogens (primary N) is 1. The number of amides is 1. The number of nitrogens with zero attached hydrogens (tertiary/aromatic N) is 2. The van der Waals surface area contributed by atoms with Crippen molar-refractivity contribution >= 4 is 17.5 Å². The minimum Gasteiger partial charge on any atom is -0.396 e. The second-order valence-corrected chi connectivity index (χ2v) is 7.50. The SMILES string of the molecule is CC(C)CCO.NC(=O)c1cc(-c2ccc(Cl)cc2)nn(-c2cc(F)cc(F)c2)c1=O. The number of carbonyl (C=O) groups excluding carboxylic acids is 1. The van der Waals surface area contributed by atoms with Gasteiger partial charge in [-0.2, -0.15) is 9.78 Å². The molecule has 0 aliphatic carbocycles. The van der Waals surface area contributed by atoms with Crippen molar-refractivity contribution in [2.45, 2.75) is 20.3 Å². The van der Waals surface area contributed by atoms with Crippen LogP contribution in [0.15, 0.2) is 53.3 Å². The standard InChI is InChI=1S/C17H10ClF2N3O2.C5H12O/c18-10-3-1-9(2-4-10)15-8-14(16(21)24)17(25)23(22-15)13-6-11(19)5-12(20)7-13;1-5(2)3-4-6/h1-8H,(H2,21,24);5-6H,3-4H2,1-2H3. The van der Waals surface area contributed by atoms with Gasteiger partial charge in [0.1, 0.15) is 17.2 Å². The summed E-state index contributed by atoms with van der Waals surface area (Å²) in [5.41, 5.74) is 4.60. The minimum absolute atomic E-state index is 0.166. The Kier molecular flexibility index (Phi) is 8.41. The van der Waals surface area contributed by atoms with Gasteiger partial charge >= 0.3 is 0 Å². The molecule has 0 radical (unpaired) electrons. The highest BCUT2D eigenvalue weighted by Gasteiger charge is 2.16. The Morgan fingerprint density at radius 1 is 1.13 bits per heavy atom. The molecule has 0 fully saturated rings. The lowest BCUT2D eigenvalue weighted by Crippen LogP contribution is -2.30. The summed E-state index contributed by atoms with van der Waals surface area (Å²) in [6.45, 7) is 4.52. The van der Waals surface area contributed by atoms with Gasteiger partial charge in [-0.25, -0.2) is 8.78 Å². The van der Waals surface area contributed by atoms with Crippen LogP contribution in [0, 0.1) is 17.6 Å². The molecule has 0 saturated carbocycles. The van der Waals surface area contributed by atoms with Crippen molar-refractivity contribution < 1.29 is 18.7 Å². The normalized spacial score (nSPS) is 10.5. The number of benzene rings is 2. The Morgan fingerprint density at radius 2 is 1.71 bits per heavy atom. The smallest absolute Gasteiger partial charge is 0.284 e. The zero-order chi connectivity index (χ0) is 23.1. The maximum Gasteiger partial charge on any atom is 0.284 e. The van der Waals surface area contributed by atoms with E-state index in [4.69, 9.17) is 22.4 Å². The quantitative estimate of drug-likeness (QED) is 0.616. The molecule has 164 valence electrons. The molecule has 0 bridgehead atoms. The van der Waals surface area contributed by atoms with Gasteiger partial charge in [0.05, 0.1) is 11.4 Å². The number of primary amides is 1. The highest BCUT2D eigenvalue weighted by atomic mass is 35.5. The number of halogens is 3. The molecule has 1 aromatic heterocycles. The zero-order valence-corrected chi connectivity index (χ0v) is 17.7. The number of rotatable bonds is 5. The Bertz CT molecular complexity index is 1100. The van der Waals surface area contributed by atoms with Crippen LogP contribution < -0.4 is 11.3 Å². The molecule has 6 nitrogen and oxygen atoms in total. The molecule has 3 N–H and O–H groups in total. The second kappa shape index (κ2) is 10.8. The number of aliphatic hydroxyl groups is 1. The highest BCUT2D eigenvalue weighted by molar-refractivity contribution is 6.30. The van der Waals surface area contributed by atoms with Gasteiger partial charge in [-0.05, 0) is 42.7 Å². The molecular weight excluding hydrogens is 428 g/mol. The Labute approximate surface area is 182 Å². The van der Waals surface area contributed by atoms with Crippen LogP contribution in [0.2, 0.25) is 5.02 Å². The molecule has 0 aliphatic rings. The van der Waals surface area contributed by atoms with E-state index in [0.29, 0.717) is 29.2 Å². The van der Waals surface area contributed by atoms with Crippen molar-refractivity contribution in [2.24, 2.45) is 11.7 Å². The number of hydrogen-bond acceptors (Lipinski definition) is 4. The first-order valence-corrected chi connectivity index (χ1v) is 9.77. The lowest BCUT2D eigenvalue weighted by Gasteiger charge is -2.10. The van der Waals surface area contributed by atoms with E-state index >= 15 is 0 Å². The molecule has 2 aromatic carbocycles. The molecule has 31 heavy (non-hydrogen) atoms. The Morgan fingerprint density at radius 3 is 2.16 bits per heavy atom. The molecule has 0 unspecified atom stereocenters. The second-order valence-electron chi connectivity index (χ2n) is 7.07. The van der Waals surface area contributed by atoms with Gasteiger partial charge in [0.2, 0.25) is 0 Å². The van der Waals surface area contributed by atoms with Crippen LogP contribution in [-0.4, -0.2) is 27.4 Å². The molecule has 3 rings (SSSR count). The third-order valence-corrected chi connectivity index (χ3v) is 4.37. The van der Waals surface area contributed by atoms with Gasteiger partial charge in [0.25, 0.3) is 11.5 Å². The van der Waals surface area contributed by atoms with E-state index < -0.39 is 23.1 Å². The third kappa shape index (κ3) is 6.70. The van der Waals surface area contributed by atoms with Crippen LogP contribution >= 0.6 is 11.6 Å². The molecule has 0 spiro atoms. The summed E-state index contributed by atoms with van der Waals surface area (Å²) in [5, 5.41) is 12.8. The first-order chi connectivity index (χ1) is 14.6. The number of aromatic nitrogens is 2. The molecule has 0 aliphatic heterocycles. The molecule has 0 atom stereocenters. The van der Waals surface area contributed by atoms with E-state index in [1.165, 1.54) is 6.07 Å². The Balaban J connectivity index is 0.000000501. The van der Waals surface area contributed by atoms with Gasteiger partial charge < -0.3 is 10.8 Å². The van der Waals surface area contributed by atoms with Crippen LogP contribution in [0.1, 0.15) is 30.6 Å². The number of hydrogen-bond donors (Lipinski definition) is 2.